The number of methoxy groups -OCH3 is 3. The zero-order valence-corrected chi connectivity index (χ0v) is 18.3. The molecule has 0 N–H and O–H groups in total. The molecule has 1 heterocycles. The van der Waals surface area contributed by atoms with Crippen LogP contribution in [-0.4, -0.2) is 44.1 Å². The highest BCUT2D eigenvalue weighted by Crippen LogP contribution is 2.40. The van der Waals surface area contributed by atoms with Crippen molar-refractivity contribution in [2.45, 2.75) is 13.5 Å². The second-order valence-corrected chi connectivity index (χ2v) is 6.33. The van der Waals surface area contributed by atoms with Crippen molar-refractivity contribution in [1.82, 2.24) is 10.2 Å². The van der Waals surface area contributed by atoms with E-state index in [0.717, 1.165) is 5.56 Å². The van der Waals surface area contributed by atoms with Crippen molar-refractivity contribution in [3.63, 3.8) is 0 Å². The van der Waals surface area contributed by atoms with Crippen molar-refractivity contribution in [3.05, 3.63) is 53.9 Å². The van der Waals surface area contributed by atoms with Gasteiger partial charge in [-0.15, -0.1) is 10.2 Å². The second-order valence-electron chi connectivity index (χ2n) is 6.33. The molecule has 0 bridgehead atoms. The minimum Gasteiger partial charge on any atom is -0.493 e. The van der Waals surface area contributed by atoms with Crippen LogP contribution in [0.2, 0.25) is 0 Å². The highest BCUT2D eigenvalue weighted by atomic mass is 16.5. The van der Waals surface area contributed by atoms with Gasteiger partial charge in [-0.1, -0.05) is 18.2 Å². The number of esters is 1. The number of aromatic nitrogens is 2. The molecule has 0 aliphatic heterocycles. The summed E-state index contributed by atoms with van der Waals surface area (Å²) in [4.78, 5) is 12.1. The number of hydrogen-bond acceptors (Lipinski definition) is 9. The van der Waals surface area contributed by atoms with Gasteiger partial charge in [-0.25, -0.2) is 4.79 Å². The van der Waals surface area contributed by atoms with E-state index in [2.05, 4.69) is 10.2 Å². The van der Waals surface area contributed by atoms with Crippen LogP contribution < -0.4 is 18.9 Å². The van der Waals surface area contributed by atoms with Crippen LogP contribution in [0.25, 0.3) is 17.5 Å². The average molecular weight is 440 g/mol. The maximum atomic E-state index is 12.1. The number of para-hydroxylation sites is 1. The molecule has 0 spiro atoms. The van der Waals surface area contributed by atoms with Gasteiger partial charge in [0.25, 0.3) is 5.89 Å². The zero-order valence-electron chi connectivity index (χ0n) is 18.3. The Balaban J connectivity index is 1.67. The van der Waals surface area contributed by atoms with Crippen LogP contribution in [0.5, 0.6) is 23.0 Å². The quantitative estimate of drug-likeness (QED) is 0.343. The van der Waals surface area contributed by atoms with E-state index >= 15 is 0 Å². The average Bonchev–Trinajstić information content (AvgIpc) is 3.30. The third kappa shape index (κ3) is 5.37. The number of ether oxygens (including phenoxy) is 5. The van der Waals surface area contributed by atoms with E-state index in [1.54, 1.807) is 18.2 Å². The minimum absolute atomic E-state index is 0.144. The van der Waals surface area contributed by atoms with Gasteiger partial charge in [0.05, 0.1) is 27.9 Å². The summed E-state index contributed by atoms with van der Waals surface area (Å²) in [6.07, 6.45) is 2.94. The zero-order chi connectivity index (χ0) is 22.9. The fourth-order valence-electron chi connectivity index (χ4n) is 2.88. The van der Waals surface area contributed by atoms with Gasteiger partial charge in [0.15, 0.2) is 18.1 Å². The van der Waals surface area contributed by atoms with Crippen LogP contribution in [0.4, 0.5) is 0 Å². The fraction of sp³-hybridized carbons (Fsp3) is 0.261. The van der Waals surface area contributed by atoms with Crippen molar-refractivity contribution < 1.29 is 32.9 Å². The molecule has 32 heavy (non-hydrogen) atoms. The van der Waals surface area contributed by atoms with Crippen LogP contribution in [0.1, 0.15) is 18.4 Å². The van der Waals surface area contributed by atoms with E-state index in [4.69, 9.17) is 28.1 Å². The first kappa shape index (κ1) is 22.7. The van der Waals surface area contributed by atoms with Gasteiger partial charge >= 0.3 is 5.97 Å². The van der Waals surface area contributed by atoms with Gasteiger partial charge in [0, 0.05) is 17.2 Å². The van der Waals surface area contributed by atoms with Gasteiger partial charge in [-0.05, 0) is 31.2 Å². The predicted octanol–water partition coefficient (Wildman–Crippen LogP) is 3.92. The molecule has 0 aliphatic carbocycles. The van der Waals surface area contributed by atoms with E-state index in [9.17, 15) is 4.79 Å². The summed E-state index contributed by atoms with van der Waals surface area (Å²) >= 11 is 0. The normalized spacial score (nSPS) is 10.8. The Kier molecular flexibility index (Phi) is 7.69. The van der Waals surface area contributed by atoms with E-state index in [1.165, 1.54) is 27.4 Å². The first-order chi connectivity index (χ1) is 15.6. The number of hydrogen-bond donors (Lipinski definition) is 0. The summed E-state index contributed by atoms with van der Waals surface area (Å²) in [7, 11) is 4.54. The van der Waals surface area contributed by atoms with Gasteiger partial charge in [-0.3, -0.25) is 0 Å². The third-order valence-electron chi connectivity index (χ3n) is 4.33. The SMILES string of the molecule is CCOc1ccccc1/C=C/C(=O)OCc1nnc(-c2cc(OC)c(OC)c(OC)c2)o1. The molecule has 0 unspecified atom stereocenters. The Morgan fingerprint density at radius 3 is 2.38 bits per heavy atom. The van der Waals surface area contributed by atoms with Gasteiger partial charge in [-0.2, -0.15) is 0 Å². The van der Waals surface area contributed by atoms with Crippen molar-refractivity contribution in [3.8, 4) is 34.5 Å². The van der Waals surface area contributed by atoms with Crippen LogP contribution in [0.15, 0.2) is 46.9 Å². The molecule has 3 rings (SSSR count). The lowest BCUT2D eigenvalue weighted by Gasteiger charge is -2.12. The molecule has 9 nitrogen and oxygen atoms in total. The van der Waals surface area contributed by atoms with Crippen LogP contribution in [-0.2, 0) is 16.1 Å². The van der Waals surface area contributed by atoms with Crippen LogP contribution in [0.3, 0.4) is 0 Å². The van der Waals surface area contributed by atoms with Crippen molar-refractivity contribution >= 4 is 12.0 Å². The monoisotopic (exact) mass is 440 g/mol. The highest BCUT2D eigenvalue weighted by Gasteiger charge is 2.18. The van der Waals surface area contributed by atoms with Crippen LogP contribution in [0, 0.1) is 0 Å². The molecule has 9 heteroatoms. The number of carbonyl (C=O) groups excluding carboxylic acids is 1. The molecule has 2 aromatic carbocycles. The second kappa shape index (κ2) is 10.9. The molecule has 0 aliphatic rings. The molecular weight excluding hydrogens is 416 g/mol. The Labute approximate surface area is 185 Å². The maximum absolute atomic E-state index is 12.1. The highest BCUT2D eigenvalue weighted by molar-refractivity contribution is 5.87. The molecule has 0 fully saturated rings. The molecule has 0 radical (unpaired) electrons. The van der Waals surface area contributed by atoms with Crippen molar-refractivity contribution in [1.29, 1.82) is 0 Å². The lowest BCUT2D eigenvalue weighted by atomic mass is 10.2. The lowest BCUT2D eigenvalue weighted by molar-refractivity contribution is -0.139. The first-order valence-electron chi connectivity index (χ1n) is 9.79. The Morgan fingerprint density at radius 2 is 1.72 bits per heavy atom. The number of rotatable bonds is 10. The largest absolute Gasteiger partial charge is 0.493 e. The van der Waals surface area contributed by atoms with Gasteiger partial charge in [0.2, 0.25) is 11.6 Å². The van der Waals surface area contributed by atoms with Gasteiger partial charge in [0.1, 0.15) is 5.75 Å². The minimum atomic E-state index is -0.552. The number of carbonyl (C=O) groups is 1. The summed E-state index contributed by atoms with van der Waals surface area (Å²) in [6.45, 7) is 2.25. The third-order valence-corrected chi connectivity index (χ3v) is 4.33. The first-order valence-corrected chi connectivity index (χ1v) is 9.79. The summed E-state index contributed by atoms with van der Waals surface area (Å²) in [5, 5.41) is 7.93. The van der Waals surface area contributed by atoms with Crippen molar-refractivity contribution in [2.24, 2.45) is 0 Å². The Morgan fingerprint density at radius 1 is 1.00 bits per heavy atom. The van der Waals surface area contributed by atoms with E-state index in [-0.39, 0.29) is 18.4 Å². The lowest BCUT2D eigenvalue weighted by Crippen LogP contribution is -2.01. The molecule has 0 amide bonds. The molecule has 0 atom stereocenters. The molecular formula is C23H24N2O7. The molecule has 168 valence electrons. The fourth-order valence-corrected chi connectivity index (χ4v) is 2.88. The summed E-state index contributed by atoms with van der Waals surface area (Å²) in [6, 6.07) is 10.8. The summed E-state index contributed by atoms with van der Waals surface area (Å²) in [5.74, 6) is 1.84. The Hall–Kier alpha value is -4.01. The maximum Gasteiger partial charge on any atom is 0.331 e. The number of nitrogens with zero attached hydrogens (tertiary/aromatic N) is 2. The molecule has 0 saturated heterocycles. The summed E-state index contributed by atoms with van der Waals surface area (Å²) < 4.78 is 32.3. The molecule has 3 aromatic rings. The Bertz CT molecular complexity index is 1070. The molecule has 0 saturated carbocycles. The molecule has 1 aromatic heterocycles. The smallest absolute Gasteiger partial charge is 0.331 e. The number of benzene rings is 2. The van der Waals surface area contributed by atoms with Crippen molar-refractivity contribution in [2.75, 3.05) is 27.9 Å². The van der Waals surface area contributed by atoms with Gasteiger partial charge < -0.3 is 28.1 Å². The summed E-state index contributed by atoms with van der Waals surface area (Å²) in [5.41, 5.74) is 1.34. The van der Waals surface area contributed by atoms with E-state index in [1.807, 2.05) is 31.2 Å². The van der Waals surface area contributed by atoms with E-state index in [0.29, 0.717) is 35.2 Å². The standard InChI is InChI=1S/C23H24N2O7/c1-5-30-17-9-7-6-8-15(17)10-11-21(26)31-14-20-24-25-23(32-20)16-12-18(27-2)22(29-4)19(13-16)28-3/h6-13H,5,14H2,1-4H3/b11-10+. The topological polar surface area (TPSA) is 102 Å². The predicted molar refractivity (Wildman–Crippen MR) is 116 cm³/mol. The van der Waals surface area contributed by atoms with Crippen LogP contribution >= 0.6 is 0 Å². The van der Waals surface area contributed by atoms with E-state index < -0.39 is 5.97 Å².